The maximum atomic E-state index is 13.2. The lowest BCUT2D eigenvalue weighted by Gasteiger charge is -2.22. The molecule has 46 heavy (non-hydrogen) atoms. The predicted molar refractivity (Wildman–Crippen MR) is 162 cm³/mol. The Balaban J connectivity index is 1.54. The van der Waals surface area contributed by atoms with Gasteiger partial charge < -0.3 is 41.3 Å². The molecule has 2 aromatic heterocycles. The molecule has 0 N–H and O–H groups in total. The quantitative estimate of drug-likeness (QED) is 0.0899. The summed E-state index contributed by atoms with van der Waals surface area (Å²) in [4.78, 5) is 25.8. The van der Waals surface area contributed by atoms with Crippen molar-refractivity contribution in [2.24, 2.45) is 5.92 Å². The van der Waals surface area contributed by atoms with E-state index in [1.807, 2.05) is 0 Å². The van der Waals surface area contributed by atoms with Crippen molar-refractivity contribution in [1.82, 2.24) is 0 Å². The first-order valence-electron chi connectivity index (χ1n) is 15.0. The van der Waals surface area contributed by atoms with Gasteiger partial charge >= 0.3 is 11.9 Å². The smallest absolute Gasteiger partial charge is 0.342 e. The zero-order valence-electron chi connectivity index (χ0n) is 26.0. The van der Waals surface area contributed by atoms with E-state index in [1.165, 1.54) is 19.2 Å². The van der Waals surface area contributed by atoms with Gasteiger partial charge in [0.15, 0.2) is 28.8 Å². The number of carbonyl (C=O) groups excluding carboxylic acids is 2. The van der Waals surface area contributed by atoms with Crippen LogP contribution >= 0.6 is 0 Å². The number of fused-ring (bicyclic) bond motifs is 2. The molecule has 0 atom stereocenters. The summed E-state index contributed by atoms with van der Waals surface area (Å²) in [6, 6.07) is 5.70. The standard InChI is InChI=1S/C32H36O13S/c1-5-39-31(33)29-18(3)43-22-14-24(38-4)25(12-20(22)29)42-17-28-30(32(34)40-6-2)21-13-27(45-46(35,36)37)26(15-23(21)44-28)41-16-19-10-8-7-9-11-19/h12-15,19H,5-11,16-17H2,1-4H3,(H,35,36,37)/p-1. The Morgan fingerprint density at radius 2 is 1.41 bits per heavy atom. The van der Waals surface area contributed by atoms with E-state index in [4.69, 9.17) is 36.7 Å². The molecule has 0 bridgehead atoms. The first-order valence-corrected chi connectivity index (χ1v) is 16.3. The Bertz CT molecular complexity index is 1840. The molecule has 4 aromatic rings. The van der Waals surface area contributed by atoms with E-state index in [1.54, 1.807) is 32.9 Å². The number of carbonyl (C=O) groups is 2. The number of hydrogen-bond donors (Lipinski definition) is 0. The molecule has 1 aliphatic rings. The van der Waals surface area contributed by atoms with E-state index in [-0.39, 0.29) is 83.2 Å². The average Bonchev–Trinajstić information content (AvgIpc) is 3.53. The Hall–Kier alpha value is -4.43. The zero-order valence-corrected chi connectivity index (χ0v) is 26.8. The van der Waals surface area contributed by atoms with Crippen molar-refractivity contribution in [3.63, 3.8) is 0 Å². The van der Waals surface area contributed by atoms with Crippen molar-refractivity contribution in [3.8, 4) is 23.0 Å². The number of furan rings is 2. The van der Waals surface area contributed by atoms with Gasteiger partial charge in [-0.3, -0.25) is 0 Å². The predicted octanol–water partition coefficient (Wildman–Crippen LogP) is 6.23. The number of rotatable bonds is 13. The molecule has 14 heteroatoms. The molecule has 248 valence electrons. The second kappa shape index (κ2) is 13.9. The maximum Gasteiger partial charge on any atom is 0.342 e. The van der Waals surface area contributed by atoms with E-state index in [0.717, 1.165) is 32.1 Å². The fourth-order valence-corrected chi connectivity index (χ4v) is 5.98. The largest absolute Gasteiger partial charge is 0.716 e. The van der Waals surface area contributed by atoms with Crippen LogP contribution in [-0.2, 0) is 26.5 Å². The number of methoxy groups -OCH3 is 1. The van der Waals surface area contributed by atoms with Gasteiger partial charge in [-0.2, -0.15) is 0 Å². The van der Waals surface area contributed by atoms with Gasteiger partial charge in [-0.05, 0) is 51.7 Å². The van der Waals surface area contributed by atoms with Crippen LogP contribution in [0.5, 0.6) is 23.0 Å². The highest BCUT2D eigenvalue weighted by Crippen LogP contribution is 2.41. The van der Waals surface area contributed by atoms with Crippen LogP contribution in [0, 0.1) is 12.8 Å². The van der Waals surface area contributed by atoms with E-state index >= 15 is 0 Å². The summed E-state index contributed by atoms with van der Waals surface area (Å²) in [6.07, 6.45) is 5.20. The Morgan fingerprint density at radius 3 is 2.07 bits per heavy atom. The van der Waals surface area contributed by atoms with Gasteiger partial charge in [0.25, 0.3) is 10.4 Å². The summed E-state index contributed by atoms with van der Waals surface area (Å²) in [5.41, 5.74) is 0.702. The summed E-state index contributed by atoms with van der Waals surface area (Å²) < 4.78 is 79.3. The van der Waals surface area contributed by atoms with Crippen LogP contribution in [0.1, 0.15) is 78.2 Å². The Kier molecular flexibility index (Phi) is 9.97. The van der Waals surface area contributed by atoms with Crippen LogP contribution in [0.15, 0.2) is 33.1 Å². The molecule has 2 aromatic carbocycles. The lowest BCUT2D eigenvalue weighted by Crippen LogP contribution is -2.16. The van der Waals surface area contributed by atoms with E-state index in [2.05, 4.69) is 0 Å². The first-order chi connectivity index (χ1) is 22.0. The van der Waals surface area contributed by atoms with E-state index < -0.39 is 22.3 Å². The van der Waals surface area contributed by atoms with Crippen molar-refractivity contribution < 1.29 is 59.3 Å². The fourth-order valence-electron chi connectivity index (χ4n) is 5.63. The average molecular weight is 660 g/mol. The first kappa shape index (κ1) is 32.9. The number of ether oxygens (including phenoxy) is 5. The fraction of sp³-hybridized carbons (Fsp3) is 0.438. The number of aryl methyl sites for hydroxylation is 1. The SMILES string of the molecule is CCOC(=O)c1c(C)oc2cc(OC)c(OCc3oc4cc(OCC5CCCCC5)c(OS(=O)(=O)[O-])cc4c3C(=O)OCC)cc12. The molecule has 1 fully saturated rings. The summed E-state index contributed by atoms with van der Waals surface area (Å²) in [6.45, 7) is 5.14. The molecule has 0 unspecified atom stereocenters. The van der Waals surface area contributed by atoms with Gasteiger partial charge in [0.2, 0.25) is 0 Å². The number of hydrogen-bond acceptors (Lipinski definition) is 13. The molecule has 0 saturated heterocycles. The third-order valence-electron chi connectivity index (χ3n) is 7.69. The van der Waals surface area contributed by atoms with Crippen molar-refractivity contribution in [2.75, 3.05) is 26.9 Å². The zero-order chi connectivity index (χ0) is 33.0. The highest BCUT2D eigenvalue weighted by Gasteiger charge is 2.27. The number of esters is 2. The van der Waals surface area contributed by atoms with Crippen molar-refractivity contribution in [2.45, 2.75) is 59.5 Å². The third-order valence-corrected chi connectivity index (χ3v) is 8.07. The minimum absolute atomic E-state index is 0.0249. The molecule has 1 aliphatic carbocycles. The summed E-state index contributed by atoms with van der Waals surface area (Å²) in [5.74, 6) is -0.615. The van der Waals surface area contributed by atoms with Gasteiger partial charge in [-0.1, -0.05) is 19.3 Å². The molecule has 1 saturated carbocycles. The molecule has 0 amide bonds. The second-order valence-electron chi connectivity index (χ2n) is 10.8. The molecule has 0 radical (unpaired) electrons. The summed E-state index contributed by atoms with van der Waals surface area (Å²) >= 11 is 0. The second-order valence-corrected chi connectivity index (χ2v) is 11.7. The van der Waals surface area contributed by atoms with Crippen LogP contribution in [0.25, 0.3) is 21.9 Å². The van der Waals surface area contributed by atoms with Gasteiger partial charge in [-0.25, -0.2) is 18.0 Å². The number of benzene rings is 2. The van der Waals surface area contributed by atoms with E-state index in [9.17, 15) is 22.6 Å². The summed E-state index contributed by atoms with van der Waals surface area (Å²) in [7, 11) is -3.76. The molecular formula is C32H35O13S-. The summed E-state index contributed by atoms with van der Waals surface area (Å²) in [5, 5.41) is 0.556. The van der Waals surface area contributed by atoms with Crippen LogP contribution in [0.3, 0.4) is 0 Å². The van der Waals surface area contributed by atoms with Crippen LogP contribution in [0.2, 0.25) is 0 Å². The van der Waals surface area contributed by atoms with Crippen LogP contribution < -0.4 is 18.4 Å². The minimum atomic E-state index is -5.19. The Morgan fingerprint density at radius 1 is 0.826 bits per heavy atom. The minimum Gasteiger partial charge on any atom is -0.716 e. The highest BCUT2D eigenvalue weighted by atomic mass is 32.3. The normalized spacial score (nSPS) is 13.9. The van der Waals surface area contributed by atoms with Gasteiger partial charge in [-0.15, -0.1) is 0 Å². The van der Waals surface area contributed by atoms with Crippen molar-refractivity contribution in [3.05, 3.63) is 46.9 Å². The molecule has 13 nitrogen and oxygen atoms in total. The van der Waals surface area contributed by atoms with E-state index in [0.29, 0.717) is 16.7 Å². The third kappa shape index (κ3) is 7.18. The topological polar surface area (TPSA) is 173 Å². The van der Waals surface area contributed by atoms with Gasteiger partial charge in [0.05, 0.1) is 26.9 Å². The highest BCUT2D eigenvalue weighted by molar-refractivity contribution is 7.81. The van der Waals surface area contributed by atoms with Crippen LogP contribution in [0.4, 0.5) is 0 Å². The van der Waals surface area contributed by atoms with Crippen molar-refractivity contribution in [1.29, 1.82) is 0 Å². The van der Waals surface area contributed by atoms with Crippen LogP contribution in [-0.4, -0.2) is 51.8 Å². The van der Waals surface area contributed by atoms with Crippen molar-refractivity contribution >= 4 is 44.3 Å². The van der Waals surface area contributed by atoms with Gasteiger partial charge in [0, 0.05) is 22.9 Å². The molecule has 0 aliphatic heterocycles. The Labute approximate surface area is 265 Å². The molecule has 5 rings (SSSR count). The molecule has 2 heterocycles. The monoisotopic (exact) mass is 659 g/mol. The molecular weight excluding hydrogens is 624 g/mol. The maximum absolute atomic E-state index is 13.2. The lowest BCUT2D eigenvalue weighted by molar-refractivity contribution is 0.0514. The lowest BCUT2D eigenvalue weighted by atomic mass is 9.90. The van der Waals surface area contributed by atoms with Gasteiger partial charge in [0.1, 0.15) is 34.7 Å². The molecule has 0 spiro atoms.